The number of hydrogen-bond acceptors (Lipinski definition) is 4. The number of carboxylic acids is 1. The highest BCUT2D eigenvalue weighted by molar-refractivity contribution is 5.87. The van der Waals surface area contributed by atoms with Crippen LogP contribution in [-0.2, 0) is 4.79 Å². The molecule has 0 atom stereocenters. The minimum atomic E-state index is -0.986. The van der Waals surface area contributed by atoms with E-state index in [4.69, 9.17) is 9.52 Å². The first-order chi connectivity index (χ1) is 12.0. The van der Waals surface area contributed by atoms with Crippen molar-refractivity contribution in [1.29, 1.82) is 0 Å². The molecular weight excluding hydrogens is 316 g/mol. The van der Waals surface area contributed by atoms with Crippen LogP contribution in [0.3, 0.4) is 0 Å². The predicted molar refractivity (Wildman–Crippen MR) is 99.7 cm³/mol. The summed E-state index contributed by atoms with van der Waals surface area (Å²) in [6, 6.07) is 12.0. The molecule has 0 aliphatic carbocycles. The first-order valence-corrected chi connectivity index (χ1v) is 8.08. The van der Waals surface area contributed by atoms with Gasteiger partial charge in [0.2, 0.25) is 0 Å². The second kappa shape index (κ2) is 6.81. The number of carbonyl (C=O) groups is 1. The molecule has 0 bridgehead atoms. The number of fused-ring (bicyclic) bond motifs is 1. The molecule has 0 unspecified atom stereocenters. The zero-order valence-electron chi connectivity index (χ0n) is 14.4. The molecule has 0 saturated heterocycles. The molecule has 0 spiro atoms. The highest BCUT2D eigenvalue weighted by atomic mass is 16.4. The van der Waals surface area contributed by atoms with Crippen molar-refractivity contribution >= 4 is 28.7 Å². The van der Waals surface area contributed by atoms with Gasteiger partial charge in [-0.2, -0.15) is 0 Å². The van der Waals surface area contributed by atoms with Crippen LogP contribution in [0.2, 0.25) is 0 Å². The van der Waals surface area contributed by atoms with E-state index in [0.29, 0.717) is 5.76 Å². The summed E-state index contributed by atoms with van der Waals surface area (Å²) in [6.45, 7) is 4.17. The van der Waals surface area contributed by atoms with Crippen LogP contribution in [0, 0.1) is 0 Å². The zero-order chi connectivity index (χ0) is 18.0. The molecule has 0 amide bonds. The minimum Gasteiger partial charge on any atom is -0.478 e. The lowest BCUT2D eigenvalue weighted by molar-refractivity contribution is -0.131. The van der Waals surface area contributed by atoms with E-state index < -0.39 is 5.97 Å². The van der Waals surface area contributed by atoms with Gasteiger partial charge in [0.05, 0.1) is 5.69 Å². The molecule has 5 heteroatoms. The van der Waals surface area contributed by atoms with Gasteiger partial charge in [0.1, 0.15) is 11.3 Å². The van der Waals surface area contributed by atoms with Gasteiger partial charge < -0.3 is 14.4 Å². The van der Waals surface area contributed by atoms with E-state index >= 15 is 0 Å². The van der Waals surface area contributed by atoms with Crippen LogP contribution >= 0.6 is 0 Å². The van der Waals surface area contributed by atoms with Crippen molar-refractivity contribution in [2.45, 2.75) is 19.9 Å². The molecule has 0 aliphatic heterocycles. The quantitative estimate of drug-likeness (QED) is 0.698. The Kier molecular flexibility index (Phi) is 4.57. The van der Waals surface area contributed by atoms with Crippen LogP contribution in [0.1, 0.15) is 19.4 Å². The Balaban J connectivity index is 2.12. The third-order valence-electron chi connectivity index (χ3n) is 4.12. The molecule has 5 nitrogen and oxygen atoms in total. The number of pyridine rings is 1. The van der Waals surface area contributed by atoms with Crippen LogP contribution < -0.4 is 4.90 Å². The summed E-state index contributed by atoms with van der Waals surface area (Å²) in [5.74, 6) is -0.294. The number of hydrogen-bond donors (Lipinski definition) is 1. The Morgan fingerprint density at radius 2 is 2.04 bits per heavy atom. The Hall–Kier alpha value is -3.08. The average molecular weight is 336 g/mol. The molecule has 0 radical (unpaired) electrons. The van der Waals surface area contributed by atoms with Crippen molar-refractivity contribution in [3.05, 3.63) is 54.2 Å². The van der Waals surface area contributed by atoms with Gasteiger partial charge in [-0.1, -0.05) is 18.2 Å². The standard InChI is InChI=1S/C20H20N2O3/c1-13(2)22(3)16-10-14(8-9-19(23)24)12-21-20(16)18-11-15-6-4-5-7-17(15)25-18/h4-13H,1-3H3,(H,23,24)/b9-8+. The largest absolute Gasteiger partial charge is 0.478 e. The van der Waals surface area contributed by atoms with Crippen LogP contribution in [0.4, 0.5) is 5.69 Å². The van der Waals surface area contributed by atoms with Crippen LogP contribution in [0.25, 0.3) is 28.5 Å². The third kappa shape index (κ3) is 3.55. The van der Waals surface area contributed by atoms with Crippen molar-refractivity contribution in [2.24, 2.45) is 0 Å². The van der Waals surface area contributed by atoms with Gasteiger partial charge in [-0.25, -0.2) is 4.79 Å². The third-order valence-corrected chi connectivity index (χ3v) is 4.12. The summed E-state index contributed by atoms with van der Waals surface area (Å²) in [7, 11) is 1.98. The summed E-state index contributed by atoms with van der Waals surface area (Å²) in [4.78, 5) is 17.4. The summed E-state index contributed by atoms with van der Waals surface area (Å²) in [6.07, 6.45) is 4.30. The lowest BCUT2D eigenvalue weighted by atomic mass is 10.1. The normalized spacial score (nSPS) is 11.5. The number of aromatic nitrogens is 1. The highest BCUT2D eigenvalue weighted by Gasteiger charge is 2.17. The number of aliphatic carboxylic acids is 1. The average Bonchev–Trinajstić information content (AvgIpc) is 3.02. The van der Waals surface area contributed by atoms with Crippen molar-refractivity contribution in [1.82, 2.24) is 4.98 Å². The van der Waals surface area contributed by atoms with Gasteiger partial charge in [0.15, 0.2) is 5.76 Å². The highest BCUT2D eigenvalue weighted by Crippen LogP contribution is 2.34. The molecular formula is C20H20N2O3. The van der Waals surface area contributed by atoms with E-state index in [1.807, 2.05) is 43.4 Å². The molecule has 2 heterocycles. The van der Waals surface area contributed by atoms with E-state index in [0.717, 1.165) is 34.0 Å². The number of benzene rings is 1. The Labute approximate surface area is 146 Å². The zero-order valence-corrected chi connectivity index (χ0v) is 14.4. The number of para-hydroxylation sites is 1. The minimum absolute atomic E-state index is 0.253. The molecule has 3 rings (SSSR count). The van der Waals surface area contributed by atoms with Crippen LogP contribution in [0.5, 0.6) is 0 Å². The number of carboxylic acid groups (broad SMARTS) is 1. The molecule has 2 aromatic heterocycles. The van der Waals surface area contributed by atoms with Gasteiger partial charge in [0, 0.05) is 30.7 Å². The summed E-state index contributed by atoms with van der Waals surface area (Å²) >= 11 is 0. The molecule has 0 fully saturated rings. The summed E-state index contributed by atoms with van der Waals surface area (Å²) < 4.78 is 5.96. The van der Waals surface area contributed by atoms with Crippen molar-refractivity contribution in [3.8, 4) is 11.5 Å². The predicted octanol–water partition coefficient (Wildman–Crippen LogP) is 4.44. The first kappa shape index (κ1) is 16.8. The summed E-state index contributed by atoms with van der Waals surface area (Å²) in [5.41, 5.74) is 3.17. The second-order valence-electron chi connectivity index (χ2n) is 6.16. The van der Waals surface area contributed by atoms with Gasteiger partial charge in [-0.3, -0.25) is 4.98 Å². The Bertz CT molecular complexity index is 908. The summed E-state index contributed by atoms with van der Waals surface area (Å²) in [5, 5.41) is 9.84. The van der Waals surface area contributed by atoms with Gasteiger partial charge in [-0.15, -0.1) is 0 Å². The van der Waals surface area contributed by atoms with Crippen molar-refractivity contribution in [3.63, 3.8) is 0 Å². The maximum absolute atomic E-state index is 10.8. The maximum atomic E-state index is 10.8. The molecule has 128 valence electrons. The first-order valence-electron chi connectivity index (χ1n) is 8.08. The van der Waals surface area contributed by atoms with Gasteiger partial charge in [0.25, 0.3) is 0 Å². The smallest absolute Gasteiger partial charge is 0.328 e. The van der Waals surface area contributed by atoms with Gasteiger partial charge in [-0.05, 0) is 43.7 Å². The number of anilines is 1. The number of furan rings is 1. The van der Waals surface area contributed by atoms with E-state index in [9.17, 15) is 4.79 Å². The van der Waals surface area contributed by atoms with E-state index in [2.05, 4.69) is 23.7 Å². The fourth-order valence-electron chi connectivity index (χ4n) is 2.56. The lowest BCUT2D eigenvalue weighted by Crippen LogP contribution is -2.26. The molecule has 1 aromatic carbocycles. The fourth-order valence-corrected chi connectivity index (χ4v) is 2.56. The van der Waals surface area contributed by atoms with Crippen molar-refractivity contribution in [2.75, 3.05) is 11.9 Å². The van der Waals surface area contributed by atoms with Crippen LogP contribution in [0.15, 0.2) is 53.1 Å². The molecule has 0 saturated carbocycles. The molecule has 0 aliphatic rings. The maximum Gasteiger partial charge on any atom is 0.328 e. The van der Waals surface area contributed by atoms with E-state index in [-0.39, 0.29) is 6.04 Å². The second-order valence-corrected chi connectivity index (χ2v) is 6.16. The van der Waals surface area contributed by atoms with Crippen molar-refractivity contribution < 1.29 is 14.3 Å². The lowest BCUT2D eigenvalue weighted by Gasteiger charge is -2.25. The number of rotatable bonds is 5. The Morgan fingerprint density at radius 3 is 2.72 bits per heavy atom. The molecule has 3 aromatic rings. The SMILES string of the molecule is CC(C)N(C)c1cc(/C=C/C(=O)O)cnc1-c1cc2ccccc2o1. The van der Waals surface area contributed by atoms with E-state index in [1.54, 1.807) is 6.20 Å². The Morgan fingerprint density at radius 1 is 1.28 bits per heavy atom. The topological polar surface area (TPSA) is 66.6 Å². The van der Waals surface area contributed by atoms with E-state index in [1.165, 1.54) is 6.08 Å². The molecule has 25 heavy (non-hydrogen) atoms. The number of nitrogens with zero attached hydrogens (tertiary/aromatic N) is 2. The molecule has 1 N–H and O–H groups in total. The monoisotopic (exact) mass is 336 g/mol. The van der Waals surface area contributed by atoms with Gasteiger partial charge >= 0.3 is 5.97 Å². The van der Waals surface area contributed by atoms with Crippen LogP contribution in [-0.4, -0.2) is 29.1 Å². The fraction of sp³-hybridized carbons (Fsp3) is 0.200.